The number of aryl methyl sites for hydroxylation is 2. The van der Waals surface area contributed by atoms with Crippen LogP contribution in [0, 0.1) is 13.8 Å². The third kappa shape index (κ3) is 4.13. The number of primary amides is 1. The van der Waals surface area contributed by atoms with Gasteiger partial charge in [0, 0.05) is 18.5 Å². The zero-order valence-electron chi connectivity index (χ0n) is 9.54. The lowest BCUT2D eigenvalue weighted by atomic mass is 10.1. The number of anilines is 1. The second kappa shape index (κ2) is 5.30. The molecule has 86 valence electrons. The normalized spacial score (nSPS) is 9.88. The molecular weight excluding hydrogens is 204 g/mol. The van der Waals surface area contributed by atoms with Gasteiger partial charge < -0.3 is 11.1 Å². The molecule has 0 radical (unpaired) electrons. The third-order valence-corrected chi connectivity index (χ3v) is 2.10. The number of nitrogens with one attached hydrogen (secondary N) is 1. The minimum atomic E-state index is -0.462. The van der Waals surface area contributed by atoms with E-state index >= 15 is 0 Å². The van der Waals surface area contributed by atoms with Crippen molar-refractivity contribution in [3.05, 3.63) is 29.3 Å². The van der Waals surface area contributed by atoms with E-state index in [2.05, 4.69) is 5.32 Å². The molecular formula is C12H16N2O2. The average Bonchev–Trinajstić information content (AvgIpc) is 2.12. The first-order chi connectivity index (χ1) is 7.47. The molecule has 3 N–H and O–H groups in total. The summed E-state index contributed by atoms with van der Waals surface area (Å²) in [5.41, 5.74) is 7.90. The number of hydrogen-bond donors (Lipinski definition) is 2. The Bertz CT molecular complexity index is 393. The van der Waals surface area contributed by atoms with E-state index < -0.39 is 5.91 Å². The monoisotopic (exact) mass is 220 g/mol. The fourth-order valence-electron chi connectivity index (χ4n) is 1.51. The van der Waals surface area contributed by atoms with Crippen molar-refractivity contribution in [2.24, 2.45) is 5.73 Å². The molecule has 16 heavy (non-hydrogen) atoms. The van der Waals surface area contributed by atoms with Crippen LogP contribution in [-0.4, -0.2) is 11.8 Å². The number of benzene rings is 1. The maximum atomic E-state index is 11.4. The molecule has 1 aromatic carbocycles. The van der Waals surface area contributed by atoms with E-state index in [1.54, 1.807) is 0 Å². The third-order valence-electron chi connectivity index (χ3n) is 2.10. The molecule has 0 aromatic heterocycles. The maximum Gasteiger partial charge on any atom is 0.224 e. The zero-order valence-corrected chi connectivity index (χ0v) is 9.54. The summed E-state index contributed by atoms with van der Waals surface area (Å²) in [4.78, 5) is 21.9. The first-order valence-corrected chi connectivity index (χ1v) is 5.14. The van der Waals surface area contributed by atoms with Gasteiger partial charge in [0.15, 0.2) is 0 Å². The molecule has 0 heterocycles. The summed E-state index contributed by atoms with van der Waals surface area (Å²) in [6, 6.07) is 5.80. The van der Waals surface area contributed by atoms with Crippen molar-refractivity contribution in [3.8, 4) is 0 Å². The van der Waals surface area contributed by atoms with Crippen molar-refractivity contribution in [3.63, 3.8) is 0 Å². The molecule has 1 aromatic rings. The molecule has 0 aliphatic carbocycles. The van der Waals surface area contributed by atoms with Gasteiger partial charge in [-0.25, -0.2) is 0 Å². The van der Waals surface area contributed by atoms with Crippen LogP contribution in [0.3, 0.4) is 0 Å². The van der Waals surface area contributed by atoms with Gasteiger partial charge in [-0.2, -0.15) is 0 Å². The minimum Gasteiger partial charge on any atom is -0.370 e. The van der Waals surface area contributed by atoms with Gasteiger partial charge in [-0.15, -0.1) is 0 Å². The number of rotatable bonds is 4. The van der Waals surface area contributed by atoms with Gasteiger partial charge in [0.05, 0.1) is 0 Å². The van der Waals surface area contributed by atoms with Crippen LogP contribution in [0.5, 0.6) is 0 Å². The molecule has 1 rings (SSSR count). The fourth-order valence-corrected chi connectivity index (χ4v) is 1.51. The highest BCUT2D eigenvalue weighted by atomic mass is 16.2. The molecule has 0 unspecified atom stereocenters. The van der Waals surface area contributed by atoms with Crippen LogP contribution in [0.1, 0.15) is 24.0 Å². The van der Waals surface area contributed by atoms with Crippen molar-refractivity contribution in [2.75, 3.05) is 5.32 Å². The molecule has 0 fully saturated rings. The number of carbonyl (C=O) groups excluding carboxylic acids is 2. The molecule has 2 amide bonds. The molecule has 0 spiro atoms. The Labute approximate surface area is 94.8 Å². The Kier molecular flexibility index (Phi) is 4.05. The summed E-state index contributed by atoms with van der Waals surface area (Å²) < 4.78 is 0. The fraction of sp³-hybridized carbons (Fsp3) is 0.333. The second-order valence-corrected chi connectivity index (χ2v) is 3.89. The summed E-state index contributed by atoms with van der Waals surface area (Å²) >= 11 is 0. The summed E-state index contributed by atoms with van der Waals surface area (Å²) in [5.74, 6) is -0.653. The Balaban J connectivity index is 2.59. The van der Waals surface area contributed by atoms with Gasteiger partial charge in [-0.3, -0.25) is 9.59 Å². The van der Waals surface area contributed by atoms with Crippen LogP contribution in [0.15, 0.2) is 18.2 Å². The van der Waals surface area contributed by atoms with Gasteiger partial charge >= 0.3 is 0 Å². The van der Waals surface area contributed by atoms with E-state index in [1.165, 1.54) is 0 Å². The molecule has 0 atom stereocenters. The first-order valence-electron chi connectivity index (χ1n) is 5.14. The predicted octanol–water partition coefficient (Wildman–Crippen LogP) is 1.51. The molecule has 4 heteroatoms. The smallest absolute Gasteiger partial charge is 0.224 e. The van der Waals surface area contributed by atoms with Crippen LogP contribution in [-0.2, 0) is 9.59 Å². The van der Waals surface area contributed by atoms with Gasteiger partial charge in [-0.05, 0) is 37.1 Å². The van der Waals surface area contributed by atoms with Crippen LogP contribution in [0.2, 0.25) is 0 Å². The first kappa shape index (κ1) is 12.2. The summed E-state index contributed by atoms with van der Waals surface area (Å²) in [7, 11) is 0. The number of nitrogens with two attached hydrogens (primary N) is 1. The minimum absolute atomic E-state index is 0.0800. The molecule has 0 saturated heterocycles. The van der Waals surface area contributed by atoms with Crippen molar-refractivity contribution >= 4 is 17.5 Å². The van der Waals surface area contributed by atoms with Gasteiger partial charge in [-0.1, -0.05) is 6.07 Å². The Morgan fingerprint density at radius 1 is 1.12 bits per heavy atom. The van der Waals surface area contributed by atoms with Gasteiger partial charge in [0.2, 0.25) is 11.8 Å². The van der Waals surface area contributed by atoms with E-state index in [0.717, 1.165) is 16.8 Å². The van der Waals surface area contributed by atoms with Crippen molar-refractivity contribution in [1.29, 1.82) is 0 Å². The standard InChI is InChI=1S/C12H16N2O2/c1-8-5-9(2)7-10(6-8)14-12(16)4-3-11(13)15/h5-7H,3-4H2,1-2H3,(H2,13,15)(H,14,16). The Morgan fingerprint density at radius 2 is 1.69 bits per heavy atom. The Hall–Kier alpha value is -1.84. The van der Waals surface area contributed by atoms with E-state index in [-0.39, 0.29) is 18.7 Å². The Morgan fingerprint density at radius 3 is 2.19 bits per heavy atom. The largest absolute Gasteiger partial charge is 0.370 e. The van der Waals surface area contributed by atoms with Crippen molar-refractivity contribution < 1.29 is 9.59 Å². The lowest BCUT2D eigenvalue weighted by Gasteiger charge is -2.06. The second-order valence-electron chi connectivity index (χ2n) is 3.89. The zero-order chi connectivity index (χ0) is 12.1. The lowest BCUT2D eigenvalue weighted by molar-refractivity contribution is -0.122. The molecule has 0 aliphatic heterocycles. The number of amides is 2. The number of carbonyl (C=O) groups is 2. The molecule has 0 aliphatic rings. The lowest BCUT2D eigenvalue weighted by Crippen LogP contribution is -2.17. The predicted molar refractivity (Wildman–Crippen MR) is 63.0 cm³/mol. The van der Waals surface area contributed by atoms with E-state index in [0.29, 0.717) is 0 Å². The number of hydrogen-bond acceptors (Lipinski definition) is 2. The van der Waals surface area contributed by atoms with Crippen LogP contribution in [0.25, 0.3) is 0 Å². The van der Waals surface area contributed by atoms with Crippen LogP contribution < -0.4 is 11.1 Å². The average molecular weight is 220 g/mol. The van der Waals surface area contributed by atoms with E-state index in [1.807, 2.05) is 32.0 Å². The van der Waals surface area contributed by atoms with Crippen LogP contribution >= 0.6 is 0 Å². The maximum absolute atomic E-state index is 11.4. The topological polar surface area (TPSA) is 72.2 Å². The van der Waals surface area contributed by atoms with E-state index in [9.17, 15) is 9.59 Å². The quantitative estimate of drug-likeness (QED) is 0.807. The summed E-state index contributed by atoms with van der Waals surface area (Å²) in [6.45, 7) is 3.93. The molecule has 0 bridgehead atoms. The summed E-state index contributed by atoms with van der Waals surface area (Å²) in [5, 5.41) is 2.73. The highest BCUT2D eigenvalue weighted by Crippen LogP contribution is 2.13. The van der Waals surface area contributed by atoms with E-state index in [4.69, 9.17) is 5.73 Å². The molecule has 0 saturated carbocycles. The van der Waals surface area contributed by atoms with Crippen LogP contribution in [0.4, 0.5) is 5.69 Å². The SMILES string of the molecule is Cc1cc(C)cc(NC(=O)CCC(N)=O)c1. The highest BCUT2D eigenvalue weighted by molar-refractivity contribution is 5.93. The highest BCUT2D eigenvalue weighted by Gasteiger charge is 2.05. The van der Waals surface area contributed by atoms with Crippen molar-refractivity contribution in [1.82, 2.24) is 0 Å². The summed E-state index contributed by atoms with van der Waals surface area (Å²) in [6.07, 6.45) is 0.207. The molecule has 4 nitrogen and oxygen atoms in total. The van der Waals surface area contributed by atoms with Gasteiger partial charge in [0.1, 0.15) is 0 Å². The van der Waals surface area contributed by atoms with Crippen molar-refractivity contribution in [2.45, 2.75) is 26.7 Å². The van der Waals surface area contributed by atoms with Gasteiger partial charge in [0.25, 0.3) is 0 Å².